The molecule has 1 unspecified atom stereocenters. The number of hydroxylamine groups is 1. The number of nitrogens with one attached hydrogen (secondary N) is 1. The van der Waals surface area contributed by atoms with Crippen molar-refractivity contribution in [1.29, 1.82) is 0 Å². The summed E-state index contributed by atoms with van der Waals surface area (Å²) in [6, 6.07) is 0. The SMILES string of the molecule is C=C/C=C/OC(F)(F)ONC(C)OCCCC(OC)OC. The van der Waals surface area contributed by atoms with Crippen LogP contribution in [0.1, 0.15) is 19.8 Å². The van der Waals surface area contributed by atoms with E-state index in [1.54, 1.807) is 0 Å². The molecule has 0 aromatic carbocycles. The van der Waals surface area contributed by atoms with Crippen molar-refractivity contribution in [1.82, 2.24) is 5.48 Å². The van der Waals surface area contributed by atoms with Crippen LogP contribution >= 0.6 is 0 Å². The molecule has 0 saturated carbocycles. The number of rotatable bonds is 13. The summed E-state index contributed by atoms with van der Waals surface area (Å²) >= 11 is 0. The lowest BCUT2D eigenvalue weighted by molar-refractivity contribution is -0.403. The lowest BCUT2D eigenvalue weighted by Crippen LogP contribution is -2.37. The van der Waals surface area contributed by atoms with Gasteiger partial charge in [0.05, 0.1) is 6.26 Å². The van der Waals surface area contributed by atoms with Gasteiger partial charge in [-0.3, -0.25) is 0 Å². The van der Waals surface area contributed by atoms with Crippen LogP contribution in [0.2, 0.25) is 0 Å². The first-order valence-electron chi connectivity index (χ1n) is 6.39. The molecule has 0 amide bonds. The normalized spacial score (nSPS) is 13.8. The summed E-state index contributed by atoms with van der Waals surface area (Å²) in [5, 5.41) is 0. The van der Waals surface area contributed by atoms with Gasteiger partial charge in [0.15, 0.2) is 6.29 Å². The zero-order valence-corrected chi connectivity index (χ0v) is 12.5. The molecule has 0 aliphatic heterocycles. The largest absolute Gasteiger partial charge is 0.551 e. The van der Waals surface area contributed by atoms with E-state index < -0.39 is 12.5 Å². The lowest BCUT2D eigenvalue weighted by Gasteiger charge is -2.19. The lowest BCUT2D eigenvalue weighted by atomic mass is 10.3. The van der Waals surface area contributed by atoms with Crippen LogP contribution in [0.15, 0.2) is 25.0 Å². The second-order valence-electron chi connectivity index (χ2n) is 3.92. The van der Waals surface area contributed by atoms with E-state index in [1.807, 2.05) is 5.48 Å². The van der Waals surface area contributed by atoms with Crippen molar-refractivity contribution >= 4 is 0 Å². The Hall–Kier alpha value is -1.06. The standard InChI is InChI=1S/C13H23F2NO5/c1-5-6-10-20-13(14,15)21-16-11(2)19-9-7-8-12(17-3)18-4/h5-6,10-12,16H,1,7-9H2,2-4H3/b10-6+. The van der Waals surface area contributed by atoms with Gasteiger partial charge in [-0.1, -0.05) is 12.7 Å². The van der Waals surface area contributed by atoms with Gasteiger partial charge in [-0.15, -0.1) is 8.78 Å². The van der Waals surface area contributed by atoms with Gasteiger partial charge in [0.25, 0.3) is 0 Å². The maximum Gasteiger partial charge on any atom is 0.551 e. The van der Waals surface area contributed by atoms with Gasteiger partial charge >= 0.3 is 6.29 Å². The van der Waals surface area contributed by atoms with Crippen molar-refractivity contribution in [2.75, 3.05) is 20.8 Å². The quantitative estimate of drug-likeness (QED) is 0.185. The summed E-state index contributed by atoms with van der Waals surface area (Å²) in [6.07, 6.45) is -0.278. The molecular formula is C13H23F2NO5. The van der Waals surface area contributed by atoms with Crippen LogP contribution in [0.25, 0.3) is 0 Å². The number of methoxy groups -OCH3 is 2. The van der Waals surface area contributed by atoms with Crippen LogP contribution < -0.4 is 5.48 Å². The van der Waals surface area contributed by atoms with E-state index in [9.17, 15) is 8.78 Å². The molecular weight excluding hydrogens is 288 g/mol. The molecule has 0 spiro atoms. The number of alkyl halides is 2. The molecule has 0 aliphatic carbocycles. The fraction of sp³-hybridized carbons (Fsp3) is 0.692. The van der Waals surface area contributed by atoms with Crippen LogP contribution in [0.4, 0.5) is 8.78 Å². The van der Waals surface area contributed by atoms with E-state index in [-0.39, 0.29) is 6.29 Å². The van der Waals surface area contributed by atoms with Gasteiger partial charge < -0.3 is 18.9 Å². The third kappa shape index (κ3) is 11.3. The van der Waals surface area contributed by atoms with Crippen LogP contribution in [0.3, 0.4) is 0 Å². The predicted molar refractivity (Wildman–Crippen MR) is 72.0 cm³/mol. The first kappa shape index (κ1) is 19.9. The monoisotopic (exact) mass is 311 g/mol. The molecule has 1 atom stereocenters. The van der Waals surface area contributed by atoms with Crippen LogP contribution in [0.5, 0.6) is 0 Å². The highest BCUT2D eigenvalue weighted by Crippen LogP contribution is 2.16. The zero-order valence-electron chi connectivity index (χ0n) is 12.5. The molecule has 0 saturated heterocycles. The fourth-order valence-electron chi connectivity index (χ4n) is 1.23. The molecule has 6 nitrogen and oxygen atoms in total. The van der Waals surface area contributed by atoms with Crippen molar-refractivity contribution in [3.05, 3.63) is 25.0 Å². The second kappa shape index (κ2) is 11.6. The highest BCUT2D eigenvalue weighted by Gasteiger charge is 2.33. The highest BCUT2D eigenvalue weighted by molar-refractivity contribution is 4.92. The minimum Gasteiger partial charge on any atom is -0.416 e. The summed E-state index contributed by atoms with van der Waals surface area (Å²) in [7, 11) is 3.08. The summed E-state index contributed by atoms with van der Waals surface area (Å²) in [5.74, 6) is 0. The van der Waals surface area contributed by atoms with Crippen LogP contribution in [0, 0.1) is 0 Å². The van der Waals surface area contributed by atoms with E-state index in [2.05, 4.69) is 16.2 Å². The van der Waals surface area contributed by atoms with E-state index >= 15 is 0 Å². The average molecular weight is 311 g/mol. The van der Waals surface area contributed by atoms with Gasteiger partial charge in [0.2, 0.25) is 0 Å². The minimum atomic E-state index is -3.80. The molecule has 21 heavy (non-hydrogen) atoms. The Balaban J connectivity index is 3.76. The molecule has 1 N–H and O–H groups in total. The Morgan fingerprint density at radius 2 is 1.95 bits per heavy atom. The number of halogens is 2. The number of hydrogen-bond acceptors (Lipinski definition) is 6. The first-order chi connectivity index (χ1) is 9.95. The summed E-state index contributed by atoms with van der Waals surface area (Å²) in [5.41, 5.74) is 2.05. The van der Waals surface area contributed by atoms with E-state index in [4.69, 9.17) is 14.2 Å². The Bertz CT molecular complexity index is 298. The van der Waals surface area contributed by atoms with Gasteiger partial charge in [-0.25, -0.2) is 0 Å². The predicted octanol–water partition coefficient (Wildman–Crippen LogP) is 2.54. The number of ether oxygens (including phenoxy) is 4. The number of hydrogen-bond donors (Lipinski definition) is 1. The van der Waals surface area contributed by atoms with Gasteiger partial charge in [-0.2, -0.15) is 10.3 Å². The van der Waals surface area contributed by atoms with Gasteiger partial charge in [0.1, 0.15) is 6.23 Å². The molecule has 0 rings (SSSR count). The topological polar surface area (TPSA) is 58.2 Å². The summed E-state index contributed by atoms with van der Waals surface area (Å²) in [4.78, 5) is 4.09. The molecule has 0 aromatic rings. The number of allylic oxidation sites excluding steroid dienone is 2. The van der Waals surface area contributed by atoms with Crippen molar-refractivity contribution in [3.63, 3.8) is 0 Å². The molecule has 8 heteroatoms. The van der Waals surface area contributed by atoms with Crippen molar-refractivity contribution in [2.24, 2.45) is 0 Å². The van der Waals surface area contributed by atoms with Gasteiger partial charge in [0, 0.05) is 27.2 Å². The molecule has 0 aromatic heterocycles. The summed E-state index contributed by atoms with van der Waals surface area (Å²) < 4.78 is 45.3. The fourth-order valence-corrected chi connectivity index (χ4v) is 1.23. The van der Waals surface area contributed by atoms with E-state index in [1.165, 1.54) is 33.3 Å². The van der Waals surface area contributed by atoms with Crippen LogP contribution in [-0.2, 0) is 23.8 Å². The summed E-state index contributed by atoms with van der Waals surface area (Å²) in [6.45, 7) is 5.18. The van der Waals surface area contributed by atoms with E-state index in [0.717, 1.165) is 6.26 Å². The average Bonchev–Trinajstić information content (AvgIpc) is 2.45. The molecule has 0 radical (unpaired) electrons. The Morgan fingerprint density at radius 1 is 1.29 bits per heavy atom. The van der Waals surface area contributed by atoms with E-state index in [0.29, 0.717) is 19.4 Å². The minimum absolute atomic E-state index is 0.303. The zero-order chi connectivity index (χ0) is 16.1. The Kier molecular flexibility index (Phi) is 11.0. The molecule has 0 bridgehead atoms. The maximum absolute atomic E-state index is 13.0. The Labute approximate surface area is 123 Å². The molecule has 124 valence electrons. The van der Waals surface area contributed by atoms with Crippen molar-refractivity contribution in [3.8, 4) is 0 Å². The van der Waals surface area contributed by atoms with Crippen molar-refractivity contribution < 1.29 is 32.6 Å². The molecule has 0 aliphatic rings. The van der Waals surface area contributed by atoms with Crippen LogP contribution in [-0.4, -0.2) is 39.6 Å². The smallest absolute Gasteiger partial charge is 0.416 e. The first-order valence-corrected chi connectivity index (χ1v) is 6.39. The van der Waals surface area contributed by atoms with Gasteiger partial charge in [-0.05, 0) is 19.4 Å². The maximum atomic E-state index is 13.0. The Morgan fingerprint density at radius 3 is 2.52 bits per heavy atom. The molecule has 0 fully saturated rings. The third-order valence-corrected chi connectivity index (χ3v) is 2.24. The second-order valence-corrected chi connectivity index (χ2v) is 3.92. The van der Waals surface area contributed by atoms with Crippen molar-refractivity contribution in [2.45, 2.75) is 38.6 Å². The third-order valence-electron chi connectivity index (χ3n) is 2.24. The molecule has 0 heterocycles. The highest BCUT2D eigenvalue weighted by atomic mass is 19.3.